The molecule has 4 heteroatoms. The van der Waals surface area contributed by atoms with Crippen LogP contribution in [0, 0.1) is 0 Å². The van der Waals surface area contributed by atoms with Crippen molar-refractivity contribution in [2.24, 2.45) is 0 Å². The van der Waals surface area contributed by atoms with E-state index >= 15 is 0 Å². The Balaban J connectivity index is 1.98. The van der Waals surface area contributed by atoms with Crippen LogP contribution in [-0.4, -0.2) is 21.5 Å². The molecule has 2 bridgehead atoms. The van der Waals surface area contributed by atoms with Gasteiger partial charge < -0.3 is 4.57 Å². The lowest BCUT2D eigenvalue weighted by atomic mass is 9.47. The first-order chi connectivity index (χ1) is 6.18. The van der Waals surface area contributed by atoms with Gasteiger partial charge in [0.2, 0.25) is 0 Å². The van der Waals surface area contributed by atoms with Gasteiger partial charge in [0.25, 0.3) is 0 Å². The van der Waals surface area contributed by atoms with Crippen LogP contribution < -0.4 is 0 Å². The molecule has 3 saturated carbocycles. The summed E-state index contributed by atoms with van der Waals surface area (Å²) in [5.74, 6) is 0.418. The van der Waals surface area contributed by atoms with E-state index in [0.29, 0.717) is 25.1 Å². The third kappa shape index (κ3) is 0.692. The fraction of sp³-hybridized carbons (Fsp3) is 0.556. The van der Waals surface area contributed by atoms with Gasteiger partial charge in [0.1, 0.15) is 5.67 Å². The van der Waals surface area contributed by atoms with Crippen molar-refractivity contribution in [1.29, 1.82) is 0 Å². The van der Waals surface area contributed by atoms with Crippen LogP contribution in [-0.2, 0) is 5.54 Å². The second kappa shape index (κ2) is 1.84. The first-order valence-electron chi connectivity index (χ1n) is 4.36. The predicted molar refractivity (Wildman–Crippen MR) is 43.3 cm³/mol. The van der Waals surface area contributed by atoms with Gasteiger partial charge in [0.05, 0.1) is 5.54 Å². The number of hydrogen-bond acceptors (Lipinski definition) is 2. The maximum Gasteiger partial charge on any atom is 0.185 e. The van der Waals surface area contributed by atoms with Crippen LogP contribution in [0.1, 0.15) is 29.9 Å². The van der Waals surface area contributed by atoms with E-state index in [4.69, 9.17) is 0 Å². The average molecular weight is 180 g/mol. The van der Waals surface area contributed by atoms with Crippen LogP contribution in [0.5, 0.6) is 0 Å². The lowest BCUT2D eigenvalue weighted by Gasteiger charge is -2.66. The maximum absolute atomic E-state index is 13.2. The minimum atomic E-state index is -0.926. The summed E-state index contributed by atoms with van der Waals surface area (Å²) in [6.45, 7) is 0. The summed E-state index contributed by atoms with van der Waals surface area (Å²) in [6.07, 6.45) is 5.74. The molecule has 0 aromatic carbocycles. The van der Waals surface area contributed by atoms with E-state index in [-0.39, 0.29) is 5.54 Å². The highest BCUT2D eigenvalue weighted by Crippen LogP contribution is 2.67. The summed E-state index contributed by atoms with van der Waals surface area (Å²) in [4.78, 5) is 14.5. The molecule has 68 valence electrons. The number of nitrogens with zero attached hydrogens (tertiary/aromatic N) is 2. The van der Waals surface area contributed by atoms with Gasteiger partial charge in [-0.15, -0.1) is 0 Å². The van der Waals surface area contributed by atoms with Crippen molar-refractivity contribution in [2.45, 2.75) is 30.5 Å². The second-order valence-corrected chi connectivity index (χ2v) is 4.18. The molecule has 0 atom stereocenters. The fourth-order valence-corrected chi connectivity index (χ4v) is 2.67. The first-order valence-corrected chi connectivity index (χ1v) is 4.36. The van der Waals surface area contributed by atoms with Gasteiger partial charge in [-0.05, 0) is 0 Å². The zero-order valence-corrected chi connectivity index (χ0v) is 7.03. The van der Waals surface area contributed by atoms with Crippen LogP contribution in [0.3, 0.4) is 0 Å². The summed E-state index contributed by atoms with van der Waals surface area (Å²) in [7, 11) is 0. The topological polar surface area (TPSA) is 34.9 Å². The van der Waals surface area contributed by atoms with Crippen molar-refractivity contribution in [3.8, 4) is 0 Å². The number of hydrogen-bond donors (Lipinski definition) is 0. The van der Waals surface area contributed by atoms with E-state index < -0.39 is 5.67 Å². The fourth-order valence-electron chi connectivity index (χ4n) is 2.67. The molecule has 0 spiro atoms. The van der Waals surface area contributed by atoms with Crippen molar-refractivity contribution in [3.63, 3.8) is 0 Å². The Hall–Kier alpha value is -1.19. The number of carbonyl (C=O) groups excluding carboxylic acids is 1. The van der Waals surface area contributed by atoms with E-state index in [1.54, 1.807) is 12.4 Å². The smallest absolute Gasteiger partial charge is 0.185 e. The Bertz CT molecular complexity index is 365. The van der Waals surface area contributed by atoms with Crippen molar-refractivity contribution >= 4 is 6.29 Å². The van der Waals surface area contributed by atoms with Crippen LogP contribution in [0.2, 0.25) is 0 Å². The normalized spacial score (nSPS) is 40.7. The molecule has 1 heterocycles. The van der Waals surface area contributed by atoms with Gasteiger partial charge >= 0.3 is 0 Å². The van der Waals surface area contributed by atoms with E-state index in [9.17, 15) is 9.18 Å². The Morgan fingerprint density at radius 3 is 2.77 bits per heavy atom. The lowest BCUT2D eigenvalue weighted by Crippen LogP contribution is -2.70. The first kappa shape index (κ1) is 7.24. The van der Waals surface area contributed by atoms with Crippen molar-refractivity contribution < 1.29 is 9.18 Å². The third-order valence-electron chi connectivity index (χ3n) is 3.22. The maximum atomic E-state index is 13.2. The lowest BCUT2D eigenvalue weighted by molar-refractivity contribution is -0.198. The average Bonchev–Trinajstić information content (AvgIpc) is 2.43. The number of aldehydes is 1. The molecule has 13 heavy (non-hydrogen) atoms. The number of rotatable bonds is 2. The SMILES string of the molecule is O=Cc1nccn1C12CC(F)(C1)C2. The number of aromatic nitrogens is 2. The molecule has 0 amide bonds. The van der Waals surface area contributed by atoms with E-state index in [1.165, 1.54) is 0 Å². The summed E-state index contributed by atoms with van der Waals surface area (Å²) in [5.41, 5.74) is -1.04. The molecule has 0 aliphatic heterocycles. The number of alkyl halides is 1. The summed E-state index contributed by atoms with van der Waals surface area (Å²) in [6, 6.07) is 0. The minimum absolute atomic E-state index is 0.110. The van der Waals surface area contributed by atoms with Gasteiger partial charge in [-0.25, -0.2) is 9.37 Å². The summed E-state index contributed by atoms with van der Waals surface area (Å²) < 4.78 is 15.0. The number of imidazole rings is 1. The summed E-state index contributed by atoms with van der Waals surface area (Å²) in [5, 5.41) is 0. The Labute approximate surface area is 74.6 Å². The highest BCUT2D eigenvalue weighted by Gasteiger charge is 2.70. The Kier molecular flexibility index (Phi) is 1.02. The zero-order valence-electron chi connectivity index (χ0n) is 7.03. The quantitative estimate of drug-likeness (QED) is 0.643. The van der Waals surface area contributed by atoms with Crippen molar-refractivity contribution in [2.75, 3.05) is 0 Å². The van der Waals surface area contributed by atoms with E-state index in [2.05, 4.69) is 4.98 Å². The molecule has 3 aliphatic rings. The van der Waals surface area contributed by atoms with Crippen LogP contribution in [0.4, 0.5) is 4.39 Å². The molecule has 3 aliphatic carbocycles. The second-order valence-electron chi connectivity index (χ2n) is 4.18. The minimum Gasteiger partial charge on any atom is -0.322 e. The molecule has 3 fully saturated rings. The molecular weight excluding hydrogens is 171 g/mol. The molecule has 1 aromatic heterocycles. The molecule has 0 saturated heterocycles. The molecule has 0 radical (unpaired) electrons. The van der Waals surface area contributed by atoms with E-state index in [0.717, 1.165) is 6.29 Å². The van der Waals surface area contributed by atoms with E-state index in [1.807, 2.05) is 4.57 Å². The molecule has 0 N–H and O–H groups in total. The molecule has 0 unspecified atom stereocenters. The molecular formula is C9H9FN2O. The zero-order chi connectivity index (χ0) is 9.10. The van der Waals surface area contributed by atoms with Crippen LogP contribution in [0.15, 0.2) is 12.4 Å². The van der Waals surface area contributed by atoms with Crippen molar-refractivity contribution in [3.05, 3.63) is 18.2 Å². The van der Waals surface area contributed by atoms with Crippen LogP contribution >= 0.6 is 0 Å². The van der Waals surface area contributed by atoms with Crippen LogP contribution in [0.25, 0.3) is 0 Å². The summed E-state index contributed by atoms with van der Waals surface area (Å²) >= 11 is 0. The third-order valence-corrected chi connectivity index (χ3v) is 3.22. The molecule has 1 aromatic rings. The van der Waals surface area contributed by atoms with Gasteiger partial charge in [0, 0.05) is 31.7 Å². The van der Waals surface area contributed by atoms with Crippen molar-refractivity contribution in [1.82, 2.24) is 9.55 Å². The van der Waals surface area contributed by atoms with Gasteiger partial charge in [0.15, 0.2) is 12.1 Å². The Morgan fingerprint density at radius 2 is 2.23 bits per heavy atom. The Morgan fingerprint density at radius 1 is 1.54 bits per heavy atom. The predicted octanol–water partition coefficient (Wildman–Crippen LogP) is 1.30. The molecule has 3 nitrogen and oxygen atoms in total. The number of carbonyl (C=O) groups is 1. The largest absolute Gasteiger partial charge is 0.322 e. The highest BCUT2D eigenvalue weighted by molar-refractivity contribution is 5.69. The van der Waals surface area contributed by atoms with Gasteiger partial charge in [-0.2, -0.15) is 0 Å². The highest BCUT2D eigenvalue weighted by atomic mass is 19.1. The number of halogens is 1. The van der Waals surface area contributed by atoms with Gasteiger partial charge in [-0.3, -0.25) is 4.79 Å². The standard InChI is InChI=1S/C9H9FN2O/c10-8-4-9(5-8,6-8)12-2-1-11-7(12)3-13/h1-3H,4-6H2. The molecule has 4 rings (SSSR count). The monoisotopic (exact) mass is 180 g/mol. The van der Waals surface area contributed by atoms with Gasteiger partial charge in [-0.1, -0.05) is 0 Å².